The summed E-state index contributed by atoms with van der Waals surface area (Å²) in [5.74, 6) is -0.0477. The van der Waals surface area contributed by atoms with Gasteiger partial charge in [0.2, 0.25) is 5.75 Å². The van der Waals surface area contributed by atoms with Crippen LogP contribution in [0.2, 0.25) is 0 Å². The second-order valence-electron chi connectivity index (χ2n) is 6.27. The third-order valence-electron chi connectivity index (χ3n) is 4.22. The summed E-state index contributed by atoms with van der Waals surface area (Å²) in [7, 11) is 0. The predicted octanol–water partition coefficient (Wildman–Crippen LogP) is 4.76. The first-order chi connectivity index (χ1) is 13.8. The molecule has 3 rings (SSSR count). The first-order valence-electron chi connectivity index (χ1n) is 8.74. The third kappa shape index (κ3) is 4.54. The molecule has 0 amide bonds. The van der Waals surface area contributed by atoms with Crippen LogP contribution in [0, 0.1) is 10.1 Å². The minimum Gasteiger partial charge on any atom is -0.502 e. The summed E-state index contributed by atoms with van der Waals surface area (Å²) < 4.78 is 2.32. The molecule has 3 aromatic rings. The standard InChI is InChI=1S/C19H16Br2N4O4/c1-2-3-4-17-23-15-6-5-12(20)8-14(15)19(27)24(17)22-10-11-7-13(21)9-16(18(11)26)25(28)29/h5-10,26H,2-4H2,1H3. The summed E-state index contributed by atoms with van der Waals surface area (Å²) in [6.45, 7) is 2.03. The number of unbranched alkanes of at least 4 members (excludes halogenated alkanes) is 1. The van der Waals surface area contributed by atoms with E-state index >= 15 is 0 Å². The lowest BCUT2D eigenvalue weighted by Crippen LogP contribution is -2.22. The second-order valence-corrected chi connectivity index (χ2v) is 8.11. The Labute approximate surface area is 182 Å². The molecule has 0 aliphatic rings. The number of aromatic nitrogens is 2. The van der Waals surface area contributed by atoms with Crippen molar-refractivity contribution in [3.63, 3.8) is 0 Å². The fourth-order valence-electron chi connectivity index (χ4n) is 2.77. The van der Waals surface area contributed by atoms with Crippen LogP contribution in [-0.2, 0) is 6.42 Å². The molecule has 2 aromatic carbocycles. The lowest BCUT2D eigenvalue weighted by atomic mass is 10.2. The average molecular weight is 524 g/mol. The number of hydrogen-bond donors (Lipinski definition) is 1. The Morgan fingerprint density at radius 1 is 1.28 bits per heavy atom. The molecule has 29 heavy (non-hydrogen) atoms. The Balaban J connectivity index is 2.17. The lowest BCUT2D eigenvalue weighted by Gasteiger charge is -2.09. The molecule has 0 bridgehead atoms. The van der Waals surface area contributed by atoms with Crippen molar-refractivity contribution in [1.29, 1.82) is 0 Å². The van der Waals surface area contributed by atoms with Gasteiger partial charge in [-0.1, -0.05) is 45.2 Å². The number of phenols is 1. The van der Waals surface area contributed by atoms with E-state index in [0.29, 0.717) is 27.6 Å². The Hall–Kier alpha value is -2.59. The van der Waals surface area contributed by atoms with Crippen LogP contribution in [0.15, 0.2) is 49.2 Å². The van der Waals surface area contributed by atoms with Crippen LogP contribution < -0.4 is 5.56 Å². The van der Waals surface area contributed by atoms with Crippen molar-refractivity contribution in [3.8, 4) is 5.75 Å². The number of benzene rings is 2. The minimum atomic E-state index is -0.689. The van der Waals surface area contributed by atoms with Crippen LogP contribution in [0.3, 0.4) is 0 Å². The number of nitrogens with zero attached hydrogens (tertiary/aromatic N) is 4. The Kier molecular flexibility index (Phi) is 6.43. The normalized spacial score (nSPS) is 11.4. The third-order valence-corrected chi connectivity index (χ3v) is 5.17. The van der Waals surface area contributed by atoms with Crippen molar-refractivity contribution in [3.05, 3.63) is 71.1 Å². The van der Waals surface area contributed by atoms with E-state index in [4.69, 9.17) is 0 Å². The predicted molar refractivity (Wildman–Crippen MR) is 118 cm³/mol. The Morgan fingerprint density at radius 2 is 2.03 bits per heavy atom. The van der Waals surface area contributed by atoms with Gasteiger partial charge >= 0.3 is 5.69 Å². The zero-order valence-corrected chi connectivity index (χ0v) is 18.5. The Morgan fingerprint density at radius 3 is 2.72 bits per heavy atom. The van der Waals surface area contributed by atoms with Gasteiger partial charge in [0.1, 0.15) is 5.82 Å². The number of aromatic hydroxyl groups is 1. The number of halogens is 2. The quantitative estimate of drug-likeness (QED) is 0.284. The molecule has 0 aliphatic heterocycles. The molecule has 10 heteroatoms. The lowest BCUT2D eigenvalue weighted by molar-refractivity contribution is -0.385. The zero-order chi connectivity index (χ0) is 21.1. The van der Waals surface area contributed by atoms with Gasteiger partial charge in [0.05, 0.1) is 22.0 Å². The summed E-state index contributed by atoms with van der Waals surface area (Å²) in [6.07, 6.45) is 3.49. The van der Waals surface area contributed by atoms with Gasteiger partial charge in [-0.2, -0.15) is 9.78 Å². The maximum absolute atomic E-state index is 13.0. The number of nitro groups is 1. The van der Waals surface area contributed by atoms with E-state index in [1.807, 2.05) is 13.0 Å². The zero-order valence-electron chi connectivity index (χ0n) is 15.3. The van der Waals surface area contributed by atoms with Crippen molar-refractivity contribution in [2.75, 3.05) is 0 Å². The molecular formula is C19H16Br2N4O4. The van der Waals surface area contributed by atoms with Crippen LogP contribution in [0.5, 0.6) is 5.75 Å². The van der Waals surface area contributed by atoms with Gasteiger partial charge < -0.3 is 5.11 Å². The molecule has 1 heterocycles. The fourth-order valence-corrected chi connectivity index (χ4v) is 3.60. The van der Waals surface area contributed by atoms with E-state index < -0.39 is 16.4 Å². The molecule has 0 fully saturated rings. The van der Waals surface area contributed by atoms with Crippen LogP contribution in [0.25, 0.3) is 10.9 Å². The molecule has 0 unspecified atom stereocenters. The largest absolute Gasteiger partial charge is 0.502 e. The van der Waals surface area contributed by atoms with Crippen molar-refractivity contribution in [2.24, 2.45) is 5.10 Å². The maximum atomic E-state index is 13.0. The molecule has 0 radical (unpaired) electrons. The first kappa shape index (κ1) is 21.1. The van der Waals surface area contributed by atoms with Gasteiger partial charge in [0.25, 0.3) is 5.56 Å². The first-order valence-corrected chi connectivity index (χ1v) is 10.3. The summed E-state index contributed by atoms with van der Waals surface area (Å²) >= 11 is 6.53. The van der Waals surface area contributed by atoms with Gasteiger partial charge in [0, 0.05) is 27.0 Å². The molecule has 0 saturated carbocycles. The average Bonchev–Trinajstić information content (AvgIpc) is 2.68. The monoisotopic (exact) mass is 522 g/mol. The van der Waals surface area contributed by atoms with E-state index in [1.165, 1.54) is 23.0 Å². The summed E-state index contributed by atoms with van der Waals surface area (Å²) in [5.41, 5.74) is -0.145. The molecule has 150 valence electrons. The van der Waals surface area contributed by atoms with Crippen LogP contribution in [0.4, 0.5) is 5.69 Å². The molecule has 0 saturated heterocycles. The number of aryl methyl sites for hydroxylation is 1. The van der Waals surface area contributed by atoms with Gasteiger partial charge in [-0.25, -0.2) is 4.98 Å². The summed E-state index contributed by atoms with van der Waals surface area (Å²) in [5, 5.41) is 25.9. The molecule has 1 aromatic heterocycles. The highest BCUT2D eigenvalue weighted by atomic mass is 79.9. The van der Waals surface area contributed by atoms with Crippen LogP contribution in [0.1, 0.15) is 31.2 Å². The minimum absolute atomic E-state index is 0.105. The van der Waals surface area contributed by atoms with E-state index in [-0.39, 0.29) is 11.1 Å². The van der Waals surface area contributed by atoms with Crippen molar-refractivity contribution in [1.82, 2.24) is 9.66 Å². The molecule has 0 atom stereocenters. The van der Waals surface area contributed by atoms with Gasteiger partial charge in [-0.3, -0.25) is 14.9 Å². The number of nitro benzene ring substituents is 1. The van der Waals surface area contributed by atoms with Gasteiger partial charge in [-0.15, -0.1) is 0 Å². The highest BCUT2D eigenvalue weighted by Gasteiger charge is 2.18. The summed E-state index contributed by atoms with van der Waals surface area (Å²) in [6, 6.07) is 7.91. The highest BCUT2D eigenvalue weighted by Crippen LogP contribution is 2.32. The van der Waals surface area contributed by atoms with Crippen molar-refractivity contribution >= 4 is 54.7 Å². The van der Waals surface area contributed by atoms with E-state index in [1.54, 1.807) is 12.1 Å². The molecule has 0 spiro atoms. The van der Waals surface area contributed by atoms with Crippen molar-refractivity contribution < 1.29 is 10.0 Å². The molecule has 8 nitrogen and oxygen atoms in total. The van der Waals surface area contributed by atoms with Gasteiger partial charge in [-0.05, 0) is 30.7 Å². The van der Waals surface area contributed by atoms with Crippen LogP contribution >= 0.6 is 31.9 Å². The fraction of sp³-hybridized carbons (Fsp3) is 0.211. The number of rotatable bonds is 6. The second kappa shape index (κ2) is 8.83. The topological polar surface area (TPSA) is 111 Å². The van der Waals surface area contributed by atoms with E-state index in [0.717, 1.165) is 17.3 Å². The van der Waals surface area contributed by atoms with Crippen molar-refractivity contribution in [2.45, 2.75) is 26.2 Å². The SMILES string of the molecule is CCCCc1nc2ccc(Br)cc2c(=O)n1N=Cc1cc(Br)cc([N+](=O)[O-])c1O. The smallest absolute Gasteiger partial charge is 0.312 e. The molecule has 1 N–H and O–H groups in total. The maximum Gasteiger partial charge on any atom is 0.312 e. The number of fused-ring (bicyclic) bond motifs is 1. The molecular weight excluding hydrogens is 508 g/mol. The van der Waals surface area contributed by atoms with E-state index in [2.05, 4.69) is 41.9 Å². The van der Waals surface area contributed by atoms with Crippen LogP contribution in [-0.4, -0.2) is 25.9 Å². The summed E-state index contributed by atoms with van der Waals surface area (Å²) in [4.78, 5) is 28.0. The van der Waals surface area contributed by atoms with Gasteiger partial charge in [0.15, 0.2) is 0 Å². The molecule has 0 aliphatic carbocycles. The Bertz CT molecular complexity index is 1190. The number of phenolic OH excluding ortho intramolecular Hbond substituents is 1. The van der Waals surface area contributed by atoms with E-state index in [9.17, 15) is 20.0 Å². The number of hydrogen-bond acceptors (Lipinski definition) is 6. The highest BCUT2D eigenvalue weighted by molar-refractivity contribution is 9.10.